The van der Waals surface area contributed by atoms with Crippen molar-refractivity contribution in [1.82, 2.24) is 0 Å². The van der Waals surface area contributed by atoms with Crippen LogP contribution in [0.15, 0.2) is 44.7 Å². The predicted molar refractivity (Wildman–Crippen MR) is 89.7 cm³/mol. The van der Waals surface area contributed by atoms with Crippen LogP contribution in [0.3, 0.4) is 0 Å². The summed E-state index contributed by atoms with van der Waals surface area (Å²) in [5, 5.41) is 15.1. The Hall–Kier alpha value is -2.61. The van der Waals surface area contributed by atoms with Crippen molar-refractivity contribution in [2.75, 3.05) is 0 Å². The summed E-state index contributed by atoms with van der Waals surface area (Å²) in [4.78, 5) is 0. The lowest BCUT2D eigenvalue weighted by Crippen LogP contribution is -2.22. The fraction of sp³-hybridized carbons (Fsp3) is 0.167. The Balaban J connectivity index is 0.00000400. The largest absolute Gasteiger partial charge is 0.369 e. The zero-order valence-electron chi connectivity index (χ0n) is 11.8. The maximum atomic E-state index is 5.23. The van der Waals surface area contributed by atoms with Crippen LogP contribution in [0.4, 0.5) is 0 Å². The molecule has 21 heavy (non-hydrogen) atoms. The van der Waals surface area contributed by atoms with Crippen molar-refractivity contribution in [1.29, 1.82) is 0 Å². The fourth-order valence-electron chi connectivity index (χ4n) is 1.35. The normalized spacial score (nSPS) is 11.3. The van der Waals surface area contributed by atoms with Gasteiger partial charge in [0.25, 0.3) is 0 Å². The first-order valence-electron chi connectivity index (χ1n) is 5.77. The summed E-state index contributed by atoms with van der Waals surface area (Å²) >= 11 is 0. The average molecular weight is 311 g/mol. The first-order valence-corrected chi connectivity index (χ1v) is 5.77. The van der Waals surface area contributed by atoms with E-state index in [1.165, 1.54) is 0 Å². The molecule has 114 valence electrons. The van der Waals surface area contributed by atoms with E-state index in [9.17, 15) is 0 Å². The van der Waals surface area contributed by atoms with Crippen LogP contribution in [-0.4, -0.2) is 23.3 Å². The Bertz CT molecular complexity index is 546. The van der Waals surface area contributed by atoms with Gasteiger partial charge in [-0.1, -0.05) is 18.2 Å². The number of benzene rings is 1. The Labute approximate surface area is 129 Å². The van der Waals surface area contributed by atoms with Gasteiger partial charge < -0.3 is 22.9 Å². The lowest BCUT2D eigenvalue weighted by atomic mass is 10.1. The minimum absolute atomic E-state index is 0. The molecule has 0 spiro atoms. The SMILES string of the molecule is C/C(=N\N=C(N)N)c1cccc(/C(C)=N/N=C(N)N)c1.Cl. The predicted octanol–water partition coefficient (Wildman–Crippen LogP) is 0.103. The van der Waals surface area contributed by atoms with Crippen molar-refractivity contribution in [2.45, 2.75) is 13.8 Å². The third-order valence-corrected chi connectivity index (χ3v) is 2.33. The first kappa shape index (κ1) is 18.4. The van der Waals surface area contributed by atoms with Gasteiger partial charge in [0.05, 0.1) is 11.4 Å². The summed E-state index contributed by atoms with van der Waals surface area (Å²) in [5.41, 5.74) is 24.0. The molecular weight excluding hydrogens is 292 g/mol. The Morgan fingerprint density at radius 3 is 1.48 bits per heavy atom. The van der Waals surface area contributed by atoms with Gasteiger partial charge in [0, 0.05) is 0 Å². The molecule has 0 unspecified atom stereocenters. The molecule has 0 bridgehead atoms. The second kappa shape index (κ2) is 8.54. The van der Waals surface area contributed by atoms with Gasteiger partial charge in [-0.3, -0.25) is 0 Å². The fourth-order valence-corrected chi connectivity index (χ4v) is 1.35. The second-order valence-corrected chi connectivity index (χ2v) is 4.00. The molecule has 0 fully saturated rings. The zero-order chi connectivity index (χ0) is 15.1. The van der Waals surface area contributed by atoms with E-state index in [-0.39, 0.29) is 24.3 Å². The molecule has 1 aromatic carbocycles. The van der Waals surface area contributed by atoms with Crippen LogP contribution in [0.2, 0.25) is 0 Å². The number of nitrogens with zero attached hydrogens (tertiary/aromatic N) is 4. The molecule has 0 amide bonds. The van der Waals surface area contributed by atoms with E-state index in [1.54, 1.807) is 13.8 Å². The van der Waals surface area contributed by atoms with Gasteiger partial charge in [-0.05, 0) is 31.0 Å². The molecule has 8 nitrogen and oxygen atoms in total. The summed E-state index contributed by atoms with van der Waals surface area (Å²) in [6, 6.07) is 7.53. The van der Waals surface area contributed by atoms with E-state index in [2.05, 4.69) is 20.4 Å². The van der Waals surface area contributed by atoms with Gasteiger partial charge >= 0.3 is 0 Å². The van der Waals surface area contributed by atoms with Crippen LogP contribution in [-0.2, 0) is 0 Å². The number of guanidine groups is 2. The van der Waals surface area contributed by atoms with Crippen molar-refractivity contribution in [3.05, 3.63) is 35.4 Å². The lowest BCUT2D eigenvalue weighted by Gasteiger charge is -2.03. The summed E-state index contributed by atoms with van der Waals surface area (Å²) in [6.07, 6.45) is 0. The lowest BCUT2D eigenvalue weighted by molar-refractivity contribution is 1.19. The number of hydrogen-bond donors (Lipinski definition) is 4. The van der Waals surface area contributed by atoms with Crippen molar-refractivity contribution in [2.24, 2.45) is 43.3 Å². The smallest absolute Gasteiger partial charge is 0.211 e. The summed E-state index contributed by atoms with van der Waals surface area (Å²) in [6.45, 7) is 3.60. The number of rotatable bonds is 4. The minimum Gasteiger partial charge on any atom is -0.369 e. The summed E-state index contributed by atoms with van der Waals surface area (Å²) in [7, 11) is 0. The number of halogens is 1. The summed E-state index contributed by atoms with van der Waals surface area (Å²) < 4.78 is 0. The topological polar surface area (TPSA) is 154 Å². The van der Waals surface area contributed by atoms with Crippen LogP contribution in [0.1, 0.15) is 25.0 Å². The van der Waals surface area contributed by atoms with Gasteiger partial charge in [-0.2, -0.15) is 10.2 Å². The zero-order valence-corrected chi connectivity index (χ0v) is 12.6. The van der Waals surface area contributed by atoms with E-state index >= 15 is 0 Å². The van der Waals surface area contributed by atoms with Gasteiger partial charge in [0.2, 0.25) is 11.9 Å². The minimum atomic E-state index is -0.0917. The Kier molecular flexibility index (Phi) is 7.48. The van der Waals surface area contributed by atoms with Crippen LogP contribution >= 0.6 is 12.4 Å². The molecule has 1 aromatic rings. The van der Waals surface area contributed by atoms with Crippen LogP contribution < -0.4 is 22.9 Å². The van der Waals surface area contributed by atoms with Crippen molar-refractivity contribution < 1.29 is 0 Å². The molecule has 0 aliphatic heterocycles. The highest BCUT2D eigenvalue weighted by molar-refractivity contribution is 6.04. The molecule has 0 saturated carbocycles. The molecule has 1 rings (SSSR count). The van der Waals surface area contributed by atoms with Crippen LogP contribution in [0.25, 0.3) is 0 Å². The number of nitrogens with two attached hydrogens (primary N) is 4. The standard InChI is InChI=1S/C12H18N8.ClH/c1-7(17-19-11(13)14)9-4-3-5-10(6-9)8(2)18-20-12(15)16;/h3-6H,1-2H3,(H4,13,14,19)(H4,15,16,20);1H/b17-7+,18-8+;. The maximum Gasteiger partial charge on any atom is 0.211 e. The van der Waals surface area contributed by atoms with Gasteiger partial charge in [0.15, 0.2) is 0 Å². The van der Waals surface area contributed by atoms with Crippen LogP contribution in [0, 0.1) is 0 Å². The Morgan fingerprint density at radius 1 is 0.762 bits per heavy atom. The average Bonchev–Trinajstić information content (AvgIpc) is 2.42. The van der Waals surface area contributed by atoms with E-state index < -0.39 is 0 Å². The van der Waals surface area contributed by atoms with Crippen molar-refractivity contribution in [3.63, 3.8) is 0 Å². The van der Waals surface area contributed by atoms with Crippen LogP contribution in [0.5, 0.6) is 0 Å². The quantitative estimate of drug-likeness (QED) is 0.354. The molecule has 8 N–H and O–H groups in total. The molecule has 9 heteroatoms. The third-order valence-electron chi connectivity index (χ3n) is 2.33. The highest BCUT2D eigenvalue weighted by atomic mass is 35.5. The van der Waals surface area contributed by atoms with Gasteiger partial charge in [-0.25, -0.2) is 0 Å². The van der Waals surface area contributed by atoms with Gasteiger partial charge in [0.1, 0.15) is 0 Å². The highest BCUT2D eigenvalue weighted by Gasteiger charge is 2.02. The molecule has 0 aromatic heterocycles. The molecule has 0 radical (unpaired) electrons. The summed E-state index contributed by atoms with van der Waals surface area (Å²) in [5.74, 6) is -0.183. The van der Waals surface area contributed by atoms with E-state index in [0.29, 0.717) is 11.4 Å². The van der Waals surface area contributed by atoms with Crippen molar-refractivity contribution in [3.8, 4) is 0 Å². The third kappa shape index (κ3) is 6.39. The molecule has 0 aliphatic carbocycles. The second-order valence-electron chi connectivity index (χ2n) is 4.00. The van der Waals surface area contributed by atoms with Gasteiger partial charge in [-0.15, -0.1) is 22.6 Å². The molecule has 0 atom stereocenters. The maximum absolute atomic E-state index is 5.23. The van der Waals surface area contributed by atoms with E-state index in [0.717, 1.165) is 11.1 Å². The molecular formula is C12H19ClN8. The number of hydrogen-bond acceptors (Lipinski definition) is 4. The van der Waals surface area contributed by atoms with E-state index in [1.807, 2.05) is 24.3 Å². The monoisotopic (exact) mass is 310 g/mol. The molecule has 0 aliphatic rings. The highest BCUT2D eigenvalue weighted by Crippen LogP contribution is 2.08. The molecule has 0 heterocycles. The Morgan fingerprint density at radius 2 is 1.14 bits per heavy atom. The van der Waals surface area contributed by atoms with E-state index in [4.69, 9.17) is 22.9 Å². The first-order chi connectivity index (χ1) is 9.40. The molecule has 0 saturated heterocycles. The van der Waals surface area contributed by atoms with Crippen molar-refractivity contribution >= 4 is 35.7 Å².